The highest BCUT2D eigenvalue weighted by Gasteiger charge is 2.28. The van der Waals surface area contributed by atoms with Crippen LogP contribution in [-0.4, -0.2) is 55.0 Å². The van der Waals surface area contributed by atoms with Crippen LogP contribution in [0, 0.1) is 5.41 Å². The van der Waals surface area contributed by atoms with Gasteiger partial charge >= 0.3 is 5.97 Å². The zero-order valence-electron chi connectivity index (χ0n) is 16.4. The van der Waals surface area contributed by atoms with Crippen LogP contribution in [-0.2, 0) is 19.1 Å². The van der Waals surface area contributed by atoms with Crippen molar-refractivity contribution in [3.8, 4) is 0 Å². The summed E-state index contributed by atoms with van der Waals surface area (Å²) < 4.78 is 11.3. The fourth-order valence-electron chi connectivity index (χ4n) is 2.17. The fourth-order valence-corrected chi connectivity index (χ4v) is 2.17. The van der Waals surface area contributed by atoms with Crippen LogP contribution in [0.25, 0.3) is 0 Å². The molecule has 0 aliphatic carbocycles. The molecule has 0 aromatic heterocycles. The summed E-state index contributed by atoms with van der Waals surface area (Å²) in [5, 5.41) is 11.5. The predicted octanol–water partition coefficient (Wildman–Crippen LogP) is 1.93. The number of hydrogen-bond donors (Lipinski definition) is 3. The van der Waals surface area contributed by atoms with Gasteiger partial charge in [0.25, 0.3) is 0 Å². The average Bonchev–Trinajstić information content (AvgIpc) is 2.48. The maximum Gasteiger partial charge on any atom is 0.303 e. The van der Waals surface area contributed by atoms with E-state index in [-0.39, 0.29) is 24.0 Å². The molecule has 0 heterocycles. The van der Waals surface area contributed by atoms with Gasteiger partial charge in [-0.1, -0.05) is 13.8 Å². The number of hydrogen-bond acceptors (Lipinski definition) is 5. The molecule has 0 saturated heterocycles. The zero-order chi connectivity index (χ0) is 19.5. The zero-order valence-corrected chi connectivity index (χ0v) is 16.4. The van der Waals surface area contributed by atoms with E-state index in [0.29, 0.717) is 39.2 Å². The molecule has 0 aliphatic heterocycles. The predicted molar refractivity (Wildman–Crippen MR) is 97.4 cm³/mol. The second-order valence-electron chi connectivity index (χ2n) is 7.70. The number of nitrogens with two attached hydrogens (primary N) is 1. The molecule has 25 heavy (non-hydrogen) atoms. The Morgan fingerprint density at radius 3 is 2.32 bits per heavy atom. The quantitative estimate of drug-likeness (QED) is 0.408. The lowest BCUT2D eigenvalue weighted by atomic mass is 9.88. The van der Waals surface area contributed by atoms with E-state index in [9.17, 15) is 9.59 Å². The summed E-state index contributed by atoms with van der Waals surface area (Å²) in [6.45, 7) is 11.5. The summed E-state index contributed by atoms with van der Waals surface area (Å²) in [5.74, 6) is -0.945. The number of amides is 1. The van der Waals surface area contributed by atoms with Gasteiger partial charge in [0, 0.05) is 24.5 Å². The molecule has 0 spiro atoms. The Labute approximate surface area is 151 Å². The third-order valence-corrected chi connectivity index (χ3v) is 4.12. The number of ether oxygens (including phenoxy) is 2. The smallest absolute Gasteiger partial charge is 0.303 e. The number of aliphatic carboxylic acids is 1. The van der Waals surface area contributed by atoms with E-state index < -0.39 is 11.4 Å². The molecule has 7 heteroatoms. The second kappa shape index (κ2) is 11.4. The molecule has 0 aromatic rings. The molecule has 0 bridgehead atoms. The lowest BCUT2D eigenvalue weighted by molar-refractivity contribution is -0.138. The summed E-state index contributed by atoms with van der Waals surface area (Å²) in [7, 11) is 0. The molecule has 0 rings (SSSR count). The van der Waals surface area contributed by atoms with Crippen LogP contribution in [0.5, 0.6) is 0 Å². The minimum atomic E-state index is -0.856. The van der Waals surface area contributed by atoms with Crippen LogP contribution >= 0.6 is 0 Å². The normalized spacial score (nSPS) is 13.5. The van der Waals surface area contributed by atoms with Crippen molar-refractivity contribution in [1.29, 1.82) is 0 Å². The Hall–Kier alpha value is -1.18. The van der Waals surface area contributed by atoms with Crippen molar-refractivity contribution in [2.45, 2.75) is 71.9 Å². The molecule has 4 N–H and O–H groups in total. The van der Waals surface area contributed by atoms with Crippen molar-refractivity contribution >= 4 is 11.9 Å². The molecule has 0 aliphatic rings. The van der Waals surface area contributed by atoms with Crippen LogP contribution in [0.3, 0.4) is 0 Å². The van der Waals surface area contributed by atoms with Crippen molar-refractivity contribution < 1.29 is 24.2 Å². The van der Waals surface area contributed by atoms with Gasteiger partial charge in [-0.15, -0.1) is 0 Å². The lowest BCUT2D eigenvalue weighted by Gasteiger charge is -2.26. The van der Waals surface area contributed by atoms with E-state index in [1.165, 1.54) is 0 Å². The number of carbonyl (C=O) groups is 2. The third kappa shape index (κ3) is 11.9. The van der Waals surface area contributed by atoms with E-state index >= 15 is 0 Å². The Balaban J connectivity index is 3.99. The molecule has 0 radical (unpaired) electrons. The maximum atomic E-state index is 12.3. The van der Waals surface area contributed by atoms with Crippen molar-refractivity contribution in [3.05, 3.63) is 0 Å². The SMILES string of the molecule is C[C@H](CCC(=O)O)NC(=O)C(C)(C)CCOCCOC(C)(C)CCN. The number of rotatable bonds is 14. The Morgan fingerprint density at radius 1 is 1.12 bits per heavy atom. The highest BCUT2D eigenvalue weighted by atomic mass is 16.5. The molecular formula is C18H36N2O5. The summed E-state index contributed by atoms with van der Waals surface area (Å²) in [6.07, 6.45) is 1.84. The summed E-state index contributed by atoms with van der Waals surface area (Å²) in [6, 6.07) is -0.165. The number of carboxylic acid groups (broad SMARTS) is 1. The lowest BCUT2D eigenvalue weighted by Crippen LogP contribution is -2.42. The van der Waals surface area contributed by atoms with Gasteiger partial charge < -0.3 is 25.6 Å². The minimum Gasteiger partial charge on any atom is -0.481 e. The number of carboxylic acids is 1. The van der Waals surface area contributed by atoms with Crippen molar-refractivity contribution in [3.63, 3.8) is 0 Å². The molecule has 0 saturated carbocycles. The highest BCUT2D eigenvalue weighted by molar-refractivity contribution is 5.82. The first-order valence-electron chi connectivity index (χ1n) is 8.95. The van der Waals surface area contributed by atoms with E-state index in [1.807, 2.05) is 34.6 Å². The molecule has 1 atom stereocenters. The summed E-state index contributed by atoms with van der Waals surface area (Å²) >= 11 is 0. The van der Waals surface area contributed by atoms with Crippen molar-refractivity contribution in [2.24, 2.45) is 11.1 Å². The Kier molecular flexibility index (Phi) is 10.9. The molecular weight excluding hydrogens is 324 g/mol. The van der Waals surface area contributed by atoms with Gasteiger partial charge in [-0.25, -0.2) is 0 Å². The summed E-state index contributed by atoms with van der Waals surface area (Å²) in [5.41, 5.74) is 4.71. The summed E-state index contributed by atoms with van der Waals surface area (Å²) in [4.78, 5) is 22.9. The van der Waals surface area contributed by atoms with Crippen LogP contribution in [0.1, 0.15) is 60.3 Å². The molecule has 0 unspecified atom stereocenters. The van der Waals surface area contributed by atoms with E-state index in [1.54, 1.807) is 0 Å². The number of carbonyl (C=O) groups excluding carboxylic acids is 1. The maximum absolute atomic E-state index is 12.3. The topological polar surface area (TPSA) is 111 Å². The first-order chi connectivity index (χ1) is 11.5. The fraction of sp³-hybridized carbons (Fsp3) is 0.889. The van der Waals surface area contributed by atoms with Crippen molar-refractivity contribution in [2.75, 3.05) is 26.4 Å². The molecule has 7 nitrogen and oxygen atoms in total. The van der Waals surface area contributed by atoms with Gasteiger partial charge in [0.2, 0.25) is 5.91 Å². The van der Waals surface area contributed by atoms with E-state index in [4.69, 9.17) is 20.3 Å². The largest absolute Gasteiger partial charge is 0.481 e. The second-order valence-corrected chi connectivity index (χ2v) is 7.70. The van der Waals surface area contributed by atoms with Gasteiger partial charge in [-0.3, -0.25) is 9.59 Å². The highest BCUT2D eigenvalue weighted by Crippen LogP contribution is 2.21. The minimum absolute atomic E-state index is 0.0471. The van der Waals surface area contributed by atoms with Crippen LogP contribution in [0.15, 0.2) is 0 Å². The first kappa shape index (κ1) is 23.8. The van der Waals surface area contributed by atoms with Crippen LogP contribution in [0.2, 0.25) is 0 Å². The van der Waals surface area contributed by atoms with Crippen LogP contribution in [0.4, 0.5) is 0 Å². The molecule has 0 fully saturated rings. The van der Waals surface area contributed by atoms with Gasteiger partial charge in [0.1, 0.15) is 0 Å². The first-order valence-corrected chi connectivity index (χ1v) is 8.95. The van der Waals surface area contributed by atoms with Crippen LogP contribution < -0.4 is 11.1 Å². The number of nitrogens with one attached hydrogen (secondary N) is 1. The third-order valence-electron chi connectivity index (χ3n) is 4.12. The molecule has 1 amide bonds. The molecule has 148 valence electrons. The van der Waals surface area contributed by atoms with E-state index in [2.05, 4.69) is 5.32 Å². The standard InChI is InChI=1S/C18H36N2O5/c1-14(6-7-15(21)22)20-16(23)17(2,3)9-11-24-12-13-25-18(4,5)8-10-19/h14H,6-13,19H2,1-5H3,(H,20,23)(H,21,22)/t14-/m1/s1. The van der Waals surface area contributed by atoms with E-state index in [0.717, 1.165) is 6.42 Å². The van der Waals surface area contributed by atoms with Gasteiger partial charge in [-0.05, 0) is 46.6 Å². The molecule has 0 aromatic carbocycles. The Morgan fingerprint density at radius 2 is 1.76 bits per heavy atom. The van der Waals surface area contributed by atoms with Gasteiger partial charge in [-0.2, -0.15) is 0 Å². The average molecular weight is 360 g/mol. The van der Waals surface area contributed by atoms with Gasteiger partial charge in [0.15, 0.2) is 0 Å². The van der Waals surface area contributed by atoms with Crippen molar-refractivity contribution in [1.82, 2.24) is 5.32 Å². The monoisotopic (exact) mass is 360 g/mol. The van der Waals surface area contributed by atoms with Gasteiger partial charge in [0.05, 0.1) is 18.8 Å². The Bertz CT molecular complexity index is 410.